The van der Waals surface area contributed by atoms with Crippen molar-refractivity contribution in [1.29, 1.82) is 0 Å². The van der Waals surface area contributed by atoms with Crippen LogP contribution in [0.2, 0.25) is 0 Å². The standard InChI is InChI=1S/C7H8F2O/c8-6-2-1-5(4-10)3-7(6)9/h2-3,5,10H,1,4H2. The monoisotopic (exact) mass is 146 g/mol. The summed E-state index contributed by atoms with van der Waals surface area (Å²) >= 11 is 0. The molecule has 0 bridgehead atoms. The van der Waals surface area contributed by atoms with Crippen molar-refractivity contribution in [2.45, 2.75) is 6.42 Å². The average molecular weight is 146 g/mol. The van der Waals surface area contributed by atoms with Crippen molar-refractivity contribution in [3.05, 3.63) is 23.8 Å². The molecule has 1 nitrogen and oxygen atoms in total. The van der Waals surface area contributed by atoms with E-state index >= 15 is 0 Å². The predicted octanol–water partition coefficient (Wildman–Crippen LogP) is 1.71. The summed E-state index contributed by atoms with van der Waals surface area (Å²) in [5, 5.41) is 8.53. The van der Waals surface area contributed by atoms with Crippen LogP contribution in [-0.4, -0.2) is 11.7 Å². The largest absolute Gasteiger partial charge is 0.396 e. The van der Waals surface area contributed by atoms with Crippen LogP contribution >= 0.6 is 0 Å². The van der Waals surface area contributed by atoms with Crippen molar-refractivity contribution < 1.29 is 13.9 Å². The highest BCUT2D eigenvalue weighted by atomic mass is 19.2. The highest BCUT2D eigenvalue weighted by Crippen LogP contribution is 2.23. The van der Waals surface area contributed by atoms with Gasteiger partial charge in [0.25, 0.3) is 0 Å². The van der Waals surface area contributed by atoms with Gasteiger partial charge < -0.3 is 5.11 Å². The van der Waals surface area contributed by atoms with Crippen molar-refractivity contribution in [1.82, 2.24) is 0 Å². The maximum absolute atomic E-state index is 12.3. The number of aliphatic hydroxyl groups excluding tert-OH is 1. The minimum atomic E-state index is -0.856. The van der Waals surface area contributed by atoms with Gasteiger partial charge in [0.05, 0.1) is 0 Å². The lowest BCUT2D eigenvalue weighted by Gasteiger charge is -2.10. The topological polar surface area (TPSA) is 20.2 Å². The zero-order valence-corrected chi connectivity index (χ0v) is 5.35. The average Bonchev–Trinajstić information content (AvgIpc) is 1.95. The second kappa shape index (κ2) is 2.92. The van der Waals surface area contributed by atoms with E-state index in [1.165, 1.54) is 0 Å². The van der Waals surface area contributed by atoms with Crippen LogP contribution in [0.5, 0.6) is 0 Å². The van der Waals surface area contributed by atoms with Crippen molar-refractivity contribution in [2.24, 2.45) is 5.92 Å². The summed E-state index contributed by atoms with van der Waals surface area (Å²) in [6, 6.07) is 0. The van der Waals surface area contributed by atoms with E-state index in [0.717, 1.165) is 12.2 Å². The first-order chi connectivity index (χ1) is 4.74. The molecule has 0 spiro atoms. The molecule has 0 radical (unpaired) electrons. The molecule has 0 fully saturated rings. The van der Waals surface area contributed by atoms with Gasteiger partial charge in [-0.1, -0.05) is 0 Å². The Labute approximate surface area is 57.7 Å². The van der Waals surface area contributed by atoms with Crippen LogP contribution in [0.3, 0.4) is 0 Å². The van der Waals surface area contributed by atoms with E-state index in [2.05, 4.69) is 0 Å². The molecule has 0 heterocycles. The van der Waals surface area contributed by atoms with Gasteiger partial charge in [-0.15, -0.1) is 0 Å². The molecule has 56 valence electrons. The number of hydrogen-bond donors (Lipinski definition) is 1. The van der Waals surface area contributed by atoms with E-state index in [0.29, 0.717) is 6.42 Å². The maximum Gasteiger partial charge on any atom is 0.154 e. The zero-order valence-electron chi connectivity index (χ0n) is 5.35. The fraction of sp³-hybridized carbons (Fsp3) is 0.429. The maximum atomic E-state index is 12.3. The van der Waals surface area contributed by atoms with Crippen LogP contribution in [0, 0.1) is 5.92 Å². The first-order valence-electron chi connectivity index (χ1n) is 3.08. The molecule has 0 amide bonds. The van der Waals surface area contributed by atoms with E-state index < -0.39 is 11.7 Å². The first kappa shape index (κ1) is 7.41. The summed E-state index contributed by atoms with van der Waals surface area (Å²) in [5.74, 6) is -1.92. The summed E-state index contributed by atoms with van der Waals surface area (Å²) in [7, 11) is 0. The predicted molar refractivity (Wildman–Crippen MR) is 33.6 cm³/mol. The number of halogens is 2. The van der Waals surface area contributed by atoms with E-state index in [1.807, 2.05) is 0 Å². The number of hydrogen-bond acceptors (Lipinski definition) is 1. The highest BCUT2D eigenvalue weighted by molar-refractivity contribution is 5.23. The smallest absolute Gasteiger partial charge is 0.154 e. The Bertz CT molecular complexity index is 184. The minimum absolute atomic E-state index is 0.128. The summed E-state index contributed by atoms with van der Waals surface area (Å²) < 4.78 is 24.5. The fourth-order valence-corrected chi connectivity index (χ4v) is 0.834. The summed E-state index contributed by atoms with van der Waals surface area (Å²) in [6.45, 7) is -0.128. The van der Waals surface area contributed by atoms with Crippen LogP contribution in [0.4, 0.5) is 8.78 Å². The third kappa shape index (κ3) is 1.42. The van der Waals surface area contributed by atoms with E-state index in [4.69, 9.17) is 5.11 Å². The van der Waals surface area contributed by atoms with Crippen LogP contribution in [0.1, 0.15) is 6.42 Å². The van der Waals surface area contributed by atoms with Crippen LogP contribution in [0.25, 0.3) is 0 Å². The molecule has 1 atom stereocenters. The van der Waals surface area contributed by atoms with Crippen LogP contribution < -0.4 is 0 Å². The Morgan fingerprint density at radius 3 is 2.70 bits per heavy atom. The van der Waals surface area contributed by atoms with Gasteiger partial charge in [-0.3, -0.25) is 0 Å². The molecule has 1 aliphatic carbocycles. The van der Waals surface area contributed by atoms with E-state index in [1.54, 1.807) is 0 Å². The lowest BCUT2D eigenvalue weighted by Crippen LogP contribution is -2.05. The SMILES string of the molecule is OCC1C=C(F)C(F)=CC1. The molecule has 1 rings (SSSR count). The van der Waals surface area contributed by atoms with Gasteiger partial charge in [0.2, 0.25) is 0 Å². The van der Waals surface area contributed by atoms with Crippen LogP contribution in [0.15, 0.2) is 23.8 Å². The molecule has 0 aromatic carbocycles. The summed E-state index contributed by atoms with van der Waals surface area (Å²) in [4.78, 5) is 0. The van der Waals surface area contributed by atoms with Crippen molar-refractivity contribution in [3.63, 3.8) is 0 Å². The van der Waals surface area contributed by atoms with Gasteiger partial charge in [-0.05, 0) is 18.6 Å². The summed E-state index contributed by atoms with van der Waals surface area (Å²) in [5.41, 5.74) is 0. The van der Waals surface area contributed by atoms with Gasteiger partial charge in [0, 0.05) is 12.5 Å². The van der Waals surface area contributed by atoms with E-state index in [-0.39, 0.29) is 12.5 Å². The fourth-order valence-electron chi connectivity index (χ4n) is 0.834. The van der Waals surface area contributed by atoms with E-state index in [9.17, 15) is 8.78 Å². The first-order valence-corrected chi connectivity index (χ1v) is 3.08. The number of allylic oxidation sites excluding steroid dienone is 3. The Kier molecular flexibility index (Phi) is 2.17. The number of rotatable bonds is 1. The van der Waals surface area contributed by atoms with Crippen molar-refractivity contribution in [2.75, 3.05) is 6.61 Å². The molecule has 0 saturated heterocycles. The molecule has 1 aliphatic rings. The molecule has 0 aromatic rings. The Balaban J connectivity index is 2.66. The molecular formula is C7H8F2O. The van der Waals surface area contributed by atoms with Gasteiger partial charge in [0.15, 0.2) is 11.7 Å². The minimum Gasteiger partial charge on any atom is -0.396 e. The molecule has 10 heavy (non-hydrogen) atoms. The second-order valence-electron chi connectivity index (χ2n) is 2.25. The van der Waals surface area contributed by atoms with Crippen LogP contribution in [-0.2, 0) is 0 Å². The van der Waals surface area contributed by atoms with Crippen molar-refractivity contribution in [3.8, 4) is 0 Å². The lowest BCUT2D eigenvalue weighted by atomic mass is 10.0. The Hall–Kier alpha value is -0.700. The third-order valence-corrected chi connectivity index (χ3v) is 1.44. The molecule has 3 heteroatoms. The quantitative estimate of drug-likeness (QED) is 0.597. The Morgan fingerprint density at radius 1 is 1.50 bits per heavy atom. The molecule has 1 unspecified atom stereocenters. The highest BCUT2D eigenvalue weighted by Gasteiger charge is 2.13. The molecule has 0 saturated carbocycles. The van der Waals surface area contributed by atoms with Gasteiger partial charge in [0.1, 0.15) is 0 Å². The summed E-state index contributed by atoms with van der Waals surface area (Å²) in [6.07, 6.45) is 2.64. The Morgan fingerprint density at radius 2 is 2.20 bits per heavy atom. The number of aliphatic hydroxyl groups is 1. The molecule has 0 aromatic heterocycles. The van der Waals surface area contributed by atoms with Gasteiger partial charge in [-0.25, -0.2) is 8.78 Å². The third-order valence-electron chi connectivity index (χ3n) is 1.44. The van der Waals surface area contributed by atoms with Crippen molar-refractivity contribution >= 4 is 0 Å². The van der Waals surface area contributed by atoms with Gasteiger partial charge in [-0.2, -0.15) is 0 Å². The lowest BCUT2D eigenvalue weighted by molar-refractivity contribution is 0.249. The normalized spacial score (nSPS) is 25.7. The molecule has 0 aliphatic heterocycles. The second-order valence-corrected chi connectivity index (χ2v) is 2.25. The van der Waals surface area contributed by atoms with Gasteiger partial charge >= 0.3 is 0 Å². The molecular weight excluding hydrogens is 138 g/mol. The molecule has 1 N–H and O–H groups in total. The zero-order chi connectivity index (χ0) is 7.56.